The van der Waals surface area contributed by atoms with Crippen molar-refractivity contribution in [3.05, 3.63) is 5.89 Å². The van der Waals surface area contributed by atoms with Gasteiger partial charge in [0, 0.05) is 12.1 Å². The van der Waals surface area contributed by atoms with Gasteiger partial charge in [0.25, 0.3) is 0 Å². The molecule has 110 valence electrons. The number of nitrogens with zero attached hydrogens (tertiary/aromatic N) is 2. The van der Waals surface area contributed by atoms with Crippen molar-refractivity contribution in [2.24, 2.45) is 0 Å². The minimum Gasteiger partial charge on any atom is -0.407 e. The molecule has 0 amide bonds. The summed E-state index contributed by atoms with van der Waals surface area (Å²) >= 11 is 0. The Hall–Kier alpha value is -1.10. The highest BCUT2D eigenvalue weighted by atomic mass is 16.4. The lowest BCUT2D eigenvalue weighted by atomic mass is 10.1. The molecule has 0 spiro atoms. The van der Waals surface area contributed by atoms with Gasteiger partial charge < -0.3 is 15.1 Å². The van der Waals surface area contributed by atoms with Crippen molar-refractivity contribution < 1.29 is 4.42 Å². The van der Waals surface area contributed by atoms with E-state index in [1.54, 1.807) is 0 Å². The number of hydrogen-bond donors (Lipinski definition) is 2. The molecule has 1 aromatic rings. The Kier molecular flexibility index (Phi) is 7.48. The van der Waals surface area contributed by atoms with E-state index in [4.69, 9.17) is 4.42 Å². The van der Waals surface area contributed by atoms with Gasteiger partial charge in [-0.05, 0) is 12.8 Å². The molecule has 0 aromatic carbocycles. The molecular formula is C14H28N4O. The average molecular weight is 268 g/mol. The van der Waals surface area contributed by atoms with Crippen LogP contribution in [0.5, 0.6) is 0 Å². The van der Waals surface area contributed by atoms with Crippen LogP contribution in [0, 0.1) is 0 Å². The normalized spacial score (nSPS) is 12.9. The monoisotopic (exact) mass is 268 g/mol. The topological polar surface area (TPSA) is 63.0 Å². The van der Waals surface area contributed by atoms with E-state index in [-0.39, 0.29) is 0 Å². The summed E-state index contributed by atoms with van der Waals surface area (Å²) in [6, 6.07) is 1.41. The first kappa shape index (κ1) is 16.0. The molecule has 0 aliphatic rings. The lowest BCUT2D eigenvalue weighted by Crippen LogP contribution is -2.22. The molecular weight excluding hydrogens is 240 g/mol. The van der Waals surface area contributed by atoms with Crippen molar-refractivity contribution >= 4 is 6.01 Å². The lowest BCUT2D eigenvalue weighted by molar-refractivity contribution is 0.450. The van der Waals surface area contributed by atoms with Crippen molar-refractivity contribution in [3.8, 4) is 0 Å². The molecule has 2 N–H and O–H groups in total. The number of unbranched alkanes of at least 4 members (excludes halogenated alkanes) is 1. The van der Waals surface area contributed by atoms with Crippen molar-refractivity contribution in [2.45, 2.75) is 78.4 Å². The molecule has 1 unspecified atom stereocenters. The quantitative estimate of drug-likeness (QED) is 0.681. The summed E-state index contributed by atoms with van der Waals surface area (Å²) in [6.07, 6.45) is 5.91. The third kappa shape index (κ3) is 6.57. The van der Waals surface area contributed by atoms with Crippen LogP contribution in [0.2, 0.25) is 0 Å². The van der Waals surface area contributed by atoms with Crippen LogP contribution in [0.25, 0.3) is 0 Å². The molecule has 0 aliphatic heterocycles. The van der Waals surface area contributed by atoms with Crippen LogP contribution in [0.4, 0.5) is 6.01 Å². The van der Waals surface area contributed by atoms with E-state index in [1.165, 1.54) is 12.8 Å². The smallest absolute Gasteiger partial charge is 0.315 e. The highest BCUT2D eigenvalue weighted by molar-refractivity contribution is 5.19. The Morgan fingerprint density at radius 3 is 2.53 bits per heavy atom. The highest BCUT2D eigenvalue weighted by Crippen LogP contribution is 2.14. The van der Waals surface area contributed by atoms with Gasteiger partial charge in [-0.15, -0.1) is 5.10 Å². The van der Waals surface area contributed by atoms with Crippen LogP contribution in [0.1, 0.15) is 65.7 Å². The summed E-state index contributed by atoms with van der Waals surface area (Å²) in [5, 5.41) is 14.7. The Balaban J connectivity index is 2.44. The summed E-state index contributed by atoms with van der Waals surface area (Å²) in [5.74, 6) is 0.641. The van der Waals surface area contributed by atoms with Gasteiger partial charge in [-0.1, -0.05) is 52.1 Å². The molecule has 0 saturated carbocycles. The molecule has 1 rings (SSSR count). The molecule has 0 radical (unpaired) electrons. The number of aromatic nitrogens is 2. The first-order valence-corrected chi connectivity index (χ1v) is 7.48. The summed E-state index contributed by atoms with van der Waals surface area (Å²) in [5.41, 5.74) is 0. The maximum atomic E-state index is 5.60. The van der Waals surface area contributed by atoms with E-state index < -0.39 is 0 Å². The fourth-order valence-electron chi connectivity index (χ4n) is 1.94. The van der Waals surface area contributed by atoms with Crippen LogP contribution in [0.3, 0.4) is 0 Å². The molecule has 0 fully saturated rings. The number of hydrogen-bond acceptors (Lipinski definition) is 5. The van der Waals surface area contributed by atoms with Gasteiger partial charge in [0.2, 0.25) is 5.89 Å². The largest absolute Gasteiger partial charge is 0.407 e. The van der Waals surface area contributed by atoms with Crippen molar-refractivity contribution in [2.75, 3.05) is 5.32 Å². The molecule has 1 atom stereocenters. The van der Waals surface area contributed by atoms with E-state index in [0.717, 1.165) is 19.3 Å². The van der Waals surface area contributed by atoms with Gasteiger partial charge in [-0.3, -0.25) is 0 Å². The summed E-state index contributed by atoms with van der Waals surface area (Å²) < 4.78 is 5.60. The number of rotatable bonds is 10. The van der Waals surface area contributed by atoms with Crippen molar-refractivity contribution in [1.29, 1.82) is 0 Å². The van der Waals surface area contributed by atoms with Gasteiger partial charge in [0.15, 0.2) is 0 Å². The second-order valence-corrected chi connectivity index (χ2v) is 5.31. The Labute approximate surface area is 116 Å². The average Bonchev–Trinajstić information content (AvgIpc) is 2.81. The fourth-order valence-corrected chi connectivity index (χ4v) is 1.94. The van der Waals surface area contributed by atoms with E-state index in [2.05, 4.69) is 48.5 Å². The van der Waals surface area contributed by atoms with Gasteiger partial charge in [-0.25, -0.2) is 0 Å². The molecule has 19 heavy (non-hydrogen) atoms. The van der Waals surface area contributed by atoms with Crippen LogP contribution in [-0.2, 0) is 6.54 Å². The van der Waals surface area contributed by atoms with E-state index in [0.29, 0.717) is 30.5 Å². The first-order valence-electron chi connectivity index (χ1n) is 7.48. The summed E-state index contributed by atoms with van der Waals surface area (Å²) in [4.78, 5) is 0. The van der Waals surface area contributed by atoms with Crippen LogP contribution in [0.15, 0.2) is 4.42 Å². The predicted octanol–water partition coefficient (Wildman–Crippen LogP) is 3.34. The standard InChI is InChI=1S/C14H28N4O/c1-5-7-9-12(8-6-2)16-14-18-17-13(19-14)10-15-11(3)4/h11-12,15H,5-10H2,1-4H3,(H,16,18). The lowest BCUT2D eigenvalue weighted by Gasteiger charge is -2.15. The van der Waals surface area contributed by atoms with Crippen molar-refractivity contribution in [3.63, 3.8) is 0 Å². The zero-order valence-electron chi connectivity index (χ0n) is 12.7. The van der Waals surface area contributed by atoms with Crippen molar-refractivity contribution in [1.82, 2.24) is 15.5 Å². The maximum Gasteiger partial charge on any atom is 0.315 e. The third-order valence-electron chi connectivity index (χ3n) is 3.00. The Morgan fingerprint density at radius 1 is 1.11 bits per heavy atom. The van der Waals surface area contributed by atoms with E-state index in [1.807, 2.05) is 0 Å². The van der Waals surface area contributed by atoms with Gasteiger partial charge >= 0.3 is 6.01 Å². The number of anilines is 1. The van der Waals surface area contributed by atoms with Crippen LogP contribution >= 0.6 is 0 Å². The molecule has 5 heteroatoms. The fraction of sp³-hybridized carbons (Fsp3) is 0.857. The molecule has 5 nitrogen and oxygen atoms in total. The maximum absolute atomic E-state index is 5.60. The molecule has 0 aliphatic carbocycles. The van der Waals surface area contributed by atoms with Gasteiger partial charge in [0.05, 0.1) is 6.54 Å². The minimum absolute atomic E-state index is 0.417. The van der Waals surface area contributed by atoms with Crippen LogP contribution < -0.4 is 10.6 Å². The molecule has 0 bridgehead atoms. The van der Waals surface area contributed by atoms with Crippen LogP contribution in [-0.4, -0.2) is 22.3 Å². The van der Waals surface area contributed by atoms with Gasteiger partial charge in [-0.2, -0.15) is 0 Å². The molecule has 1 aromatic heterocycles. The summed E-state index contributed by atoms with van der Waals surface area (Å²) in [7, 11) is 0. The minimum atomic E-state index is 0.417. The molecule has 1 heterocycles. The number of nitrogens with one attached hydrogen (secondary N) is 2. The predicted molar refractivity (Wildman–Crippen MR) is 78.1 cm³/mol. The second kappa shape index (κ2) is 8.91. The third-order valence-corrected chi connectivity index (χ3v) is 3.00. The van der Waals surface area contributed by atoms with E-state index in [9.17, 15) is 0 Å². The molecule has 0 saturated heterocycles. The second-order valence-electron chi connectivity index (χ2n) is 5.31. The van der Waals surface area contributed by atoms with Gasteiger partial charge in [0.1, 0.15) is 0 Å². The first-order chi connectivity index (χ1) is 9.15. The zero-order valence-corrected chi connectivity index (χ0v) is 12.7. The Morgan fingerprint density at radius 2 is 1.89 bits per heavy atom. The zero-order chi connectivity index (χ0) is 14.1. The summed E-state index contributed by atoms with van der Waals surface area (Å²) in [6.45, 7) is 9.23. The van der Waals surface area contributed by atoms with E-state index >= 15 is 0 Å². The SMILES string of the molecule is CCCCC(CCC)Nc1nnc(CNC(C)C)o1. The highest BCUT2D eigenvalue weighted by Gasteiger charge is 2.12. The Bertz CT molecular complexity index is 338.